The summed E-state index contributed by atoms with van der Waals surface area (Å²) in [5.74, 6) is 0.573. The Bertz CT molecular complexity index is 1540. The fourth-order valence-corrected chi connectivity index (χ4v) is 6.44. The molecule has 0 radical (unpaired) electrons. The molecule has 11 heteroatoms. The van der Waals surface area contributed by atoms with Crippen molar-refractivity contribution in [3.63, 3.8) is 0 Å². The van der Waals surface area contributed by atoms with Crippen LogP contribution in [0.2, 0.25) is 0 Å². The summed E-state index contributed by atoms with van der Waals surface area (Å²) < 4.78 is 40.6. The lowest BCUT2D eigenvalue weighted by Gasteiger charge is -2.18. The van der Waals surface area contributed by atoms with E-state index in [-0.39, 0.29) is 46.4 Å². The Morgan fingerprint density at radius 2 is 1.52 bits per heavy atom. The van der Waals surface area contributed by atoms with Gasteiger partial charge in [-0.05, 0) is 42.3 Å². The van der Waals surface area contributed by atoms with Gasteiger partial charge in [0.25, 0.3) is 10.0 Å². The molecule has 1 unspecified atom stereocenters. The van der Waals surface area contributed by atoms with E-state index >= 15 is 0 Å². The quantitative estimate of drug-likeness (QED) is 0.231. The first kappa shape index (κ1) is 29.1. The van der Waals surface area contributed by atoms with Gasteiger partial charge in [-0.25, -0.2) is 13.4 Å². The van der Waals surface area contributed by atoms with Gasteiger partial charge < -0.3 is 14.8 Å². The number of amides is 1. The Balaban J connectivity index is 1.48. The van der Waals surface area contributed by atoms with Gasteiger partial charge in [0.15, 0.2) is 15.1 Å². The number of ether oxygens (including phenoxy) is 2. The monoisotopic (exact) mass is 579 g/mol. The Morgan fingerprint density at radius 3 is 2.17 bits per heavy atom. The summed E-state index contributed by atoms with van der Waals surface area (Å²) in [7, 11) is -4.14. The second-order valence-corrected chi connectivity index (χ2v) is 11.9. The van der Waals surface area contributed by atoms with E-state index < -0.39 is 16.1 Å². The molecule has 40 heavy (non-hydrogen) atoms. The molecular weight excluding hydrogens is 550 g/mol. The van der Waals surface area contributed by atoms with Crippen LogP contribution in [-0.2, 0) is 37.4 Å². The molecule has 1 heterocycles. The SMILES string of the molecule is CC(=O)Nc1nc(C)c(S(=O)(=O)NC(COCc2ccccc2)C(=O)Cc2ccc(Oc3ccccc3)cc2)s1. The summed E-state index contributed by atoms with van der Waals surface area (Å²) in [5.41, 5.74) is 1.80. The van der Waals surface area contributed by atoms with Gasteiger partial charge in [-0.1, -0.05) is 72.0 Å². The third kappa shape index (κ3) is 8.30. The normalized spacial score (nSPS) is 12.1. The number of carbonyl (C=O) groups excluding carboxylic acids is 2. The highest BCUT2D eigenvalue weighted by Gasteiger charge is 2.29. The van der Waals surface area contributed by atoms with Crippen LogP contribution in [0.4, 0.5) is 5.13 Å². The fourth-order valence-electron chi connectivity index (χ4n) is 3.76. The maximum atomic E-state index is 13.4. The first-order valence-electron chi connectivity index (χ1n) is 12.4. The van der Waals surface area contributed by atoms with Crippen LogP contribution < -0.4 is 14.8 Å². The summed E-state index contributed by atoms with van der Waals surface area (Å²) in [4.78, 5) is 28.9. The largest absolute Gasteiger partial charge is 0.457 e. The lowest BCUT2D eigenvalue weighted by atomic mass is 10.0. The van der Waals surface area contributed by atoms with Gasteiger partial charge in [-0.3, -0.25) is 9.59 Å². The molecule has 0 saturated heterocycles. The number of benzene rings is 3. The first-order chi connectivity index (χ1) is 19.2. The van der Waals surface area contributed by atoms with Crippen LogP contribution in [0.15, 0.2) is 89.1 Å². The van der Waals surface area contributed by atoms with Crippen molar-refractivity contribution in [3.05, 3.63) is 102 Å². The van der Waals surface area contributed by atoms with Gasteiger partial charge >= 0.3 is 0 Å². The third-order valence-corrected chi connectivity index (χ3v) is 8.80. The Labute approximate surface area is 237 Å². The van der Waals surface area contributed by atoms with E-state index in [1.54, 1.807) is 24.3 Å². The molecular formula is C29H29N3O6S2. The van der Waals surface area contributed by atoms with Crippen molar-refractivity contribution in [3.8, 4) is 11.5 Å². The predicted octanol–water partition coefficient (Wildman–Crippen LogP) is 4.88. The van der Waals surface area contributed by atoms with E-state index in [9.17, 15) is 18.0 Å². The minimum absolute atomic E-state index is 0.0215. The number of rotatable bonds is 13. The van der Waals surface area contributed by atoms with Crippen LogP contribution >= 0.6 is 11.3 Å². The summed E-state index contributed by atoms with van der Waals surface area (Å²) in [6, 6.07) is 24.6. The molecule has 0 aliphatic carbocycles. The molecule has 4 aromatic rings. The number of Topliss-reactive ketones (excluding diaryl/α,β-unsaturated/α-hetero) is 1. The zero-order chi connectivity index (χ0) is 28.5. The van der Waals surface area contributed by atoms with E-state index in [2.05, 4.69) is 15.0 Å². The van der Waals surface area contributed by atoms with Crippen molar-refractivity contribution in [2.45, 2.75) is 37.1 Å². The zero-order valence-electron chi connectivity index (χ0n) is 22.0. The number of sulfonamides is 1. The molecule has 0 saturated carbocycles. The lowest BCUT2D eigenvalue weighted by molar-refractivity contribution is -0.121. The highest BCUT2D eigenvalue weighted by molar-refractivity contribution is 7.91. The summed E-state index contributed by atoms with van der Waals surface area (Å²) in [6.07, 6.45) is -0.0215. The van der Waals surface area contributed by atoms with E-state index in [4.69, 9.17) is 9.47 Å². The maximum absolute atomic E-state index is 13.4. The average molecular weight is 580 g/mol. The number of hydrogen-bond donors (Lipinski definition) is 2. The standard InChI is InChI=1S/C29H29N3O6S2/c1-20-28(39-29(30-20)31-21(2)33)40(35,36)32-26(19-37-18-23-9-5-3-6-10-23)27(34)17-22-13-15-25(16-14-22)38-24-11-7-4-8-12-24/h3-16,26,32H,17-19H2,1-2H3,(H,30,31,33). The first-order valence-corrected chi connectivity index (χ1v) is 14.7. The summed E-state index contributed by atoms with van der Waals surface area (Å²) in [5, 5.41) is 2.65. The third-order valence-electron chi connectivity index (χ3n) is 5.64. The van der Waals surface area contributed by atoms with Gasteiger partial charge in [0.05, 0.1) is 18.9 Å². The number of nitrogens with one attached hydrogen (secondary N) is 2. The van der Waals surface area contributed by atoms with Crippen molar-refractivity contribution >= 4 is 38.2 Å². The average Bonchev–Trinajstić information content (AvgIpc) is 3.30. The number of carbonyl (C=O) groups is 2. The molecule has 0 spiro atoms. The molecule has 0 bridgehead atoms. The van der Waals surface area contributed by atoms with Gasteiger partial charge in [0, 0.05) is 13.3 Å². The van der Waals surface area contributed by atoms with Gasteiger partial charge in [0.1, 0.15) is 17.5 Å². The van der Waals surface area contributed by atoms with Gasteiger partial charge in [-0.15, -0.1) is 0 Å². The molecule has 0 aliphatic rings. The molecule has 208 valence electrons. The Morgan fingerprint density at radius 1 is 0.900 bits per heavy atom. The van der Waals surface area contributed by atoms with Crippen molar-refractivity contribution in [2.75, 3.05) is 11.9 Å². The lowest BCUT2D eigenvalue weighted by Crippen LogP contribution is -2.44. The number of ketones is 1. The topological polar surface area (TPSA) is 124 Å². The molecule has 3 aromatic carbocycles. The van der Waals surface area contributed by atoms with Crippen LogP contribution in [0, 0.1) is 6.92 Å². The minimum atomic E-state index is -4.14. The highest BCUT2D eigenvalue weighted by atomic mass is 32.2. The van der Waals surface area contributed by atoms with Crippen molar-refractivity contribution in [1.82, 2.24) is 9.71 Å². The minimum Gasteiger partial charge on any atom is -0.457 e. The molecule has 1 amide bonds. The molecule has 0 aliphatic heterocycles. The van der Waals surface area contributed by atoms with Crippen LogP contribution in [0.3, 0.4) is 0 Å². The van der Waals surface area contributed by atoms with E-state index in [0.29, 0.717) is 17.1 Å². The van der Waals surface area contributed by atoms with Crippen LogP contribution in [0.25, 0.3) is 0 Å². The number of aromatic nitrogens is 1. The van der Waals surface area contributed by atoms with Crippen LogP contribution in [0.1, 0.15) is 23.7 Å². The maximum Gasteiger partial charge on any atom is 0.252 e. The van der Waals surface area contributed by atoms with Crippen molar-refractivity contribution < 1.29 is 27.5 Å². The molecule has 4 rings (SSSR count). The number of nitrogens with zero attached hydrogens (tertiary/aromatic N) is 1. The molecule has 1 aromatic heterocycles. The molecule has 9 nitrogen and oxygen atoms in total. The molecule has 0 fully saturated rings. The molecule has 2 N–H and O–H groups in total. The number of aryl methyl sites for hydroxylation is 1. The zero-order valence-corrected chi connectivity index (χ0v) is 23.6. The Hall–Kier alpha value is -3.90. The van der Waals surface area contributed by atoms with Crippen molar-refractivity contribution in [1.29, 1.82) is 0 Å². The highest BCUT2D eigenvalue weighted by Crippen LogP contribution is 2.27. The van der Waals surface area contributed by atoms with Gasteiger partial charge in [0.2, 0.25) is 5.91 Å². The van der Waals surface area contributed by atoms with Crippen LogP contribution in [-0.4, -0.2) is 37.7 Å². The van der Waals surface area contributed by atoms with Gasteiger partial charge in [-0.2, -0.15) is 4.72 Å². The number of anilines is 1. The fraction of sp³-hybridized carbons (Fsp3) is 0.207. The van der Waals surface area contributed by atoms with Crippen LogP contribution in [0.5, 0.6) is 11.5 Å². The number of hydrogen-bond acceptors (Lipinski definition) is 8. The smallest absolute Gasteiger partial charge is 0.252 e. The number of para-hydroxylation sites is 1. The predicted molar refractivity (Wildman–Crippen MR) is 153 cm³/mol. The molecule has 1 atom stereocenters. The number of thiazole rings is 1. The summed E-state index contributed by atoms with van der Waals surface area (Å²) >= 11 is 0.816. The second kappa shape index (κ2) is 13.4. The van der Waals surface area contributed by atoms with Crippen molar-refractivity contribution in [2.24, 2.45) is 0 Å². The van der Waals surface area contributed by atoms with E-state index in [1.807, 2.05) is 60.7 Å². The Kier molecular flexibility index (Phi) is 9.78. The second-order valence-electron chi connectivity index (χ2n) is 8.95. The van der Waals surface area contributed by atoms with E-state index in [1.165, 1.54) is 13.8 Å². The van der Waals surface area contributed by atoms with E-state index in [0.717, 1.165) is 16.9 Å². The summed E-state index contributed by atoms with van der Waals surface area (Å²) in [6.45, 7) is 2.88.